The Kier molecular flexibility index (Phi) is 3.16. The number of amides is 1. The number of hydrogen-bond acceptors (Lipinski definition) is 2. The van der Waals surface area contributed by atoms with E-state index in [1.165, 1.54) is 4.90 Å². The van der Waals surface area contributed by atoms with E-state index in [2.05, 4.69) is 10.3 Å². The molecule has 0 atom stereocenters. The Morgan fingerprint density at radius 2 is 2.05 bits per heavy atom. The van der Waals surface area contributed by atoms with Crippen molar-refractivity contribution in [3.8, 4) is 0 Å². The minimum atomic E-state index is -0.112. The second-order valence-corrected chi connectivity index (χ2v) is 4.68. The topological polar surface area (TPSA) is 98.0 Å². The number of carbonyl (C=O) groups is 1. The van der Waals surface area contributed by atoms with Crippen molar-refractivity contribution < 1.29 is 4.79 Å². The number of guanidine groups is 1. The number of nitrogens with two attached hydrogens (primary N) is 1. The zero-order valence-electron chi connectivity index (χ0n) is 11.2. The van der Waals surface area contributed by atoms with Crippen molar-refractivity contribution >= 4 is 28.5 Å². The fourth-order valence-corrected chi connectivity index (χ4v) is 2.01. The van der Waals surface area contributed by atoms with Crippen LogP contribution in [0.5, 0.6) is 0 Å². The largest absolute Gasteiger partial charge is 0.370 e. The lowest BCUT2D eigenvalue weighted by Crippen LogP contribution is -2.21. The van der Waals surface area contributed by atoms with Gasteiger partial charge in [-0.05, 0) is 30.7 Å². The third kappa shape index (κ3) is 2.52. The van der Waals surface area contributed by atoms with Gasteiger partial charge in [0.2, 0.25) is 0 Å². The smallest absolute Gasteiger partial charge is 0.269 e. The number of aryl methyl sites for hydroxylation is 1. The second-order valence-electron chi connectivity index (χ2n) is 4.68. The third-order valence-electron chi connectivity index (χ3n) is 2.84. The number of hydrogen-bond donors (Lipinski definition) is 4. The molecular formula is C13H17N5O. The number of rotatable bonds is 2. The van der Waals surface area contributed by atoms with Gasteiger partial charge in [-0.2, -0.15) is 0 Å². The van der Waals surface area contributed by atoms with Crippen molar-refractivity contribution in [2.75, 3.05) is 19.4 Å². The average molecular weight is 259 g/mol. The number of aromatic nitrogens is 1. The average Bonchev–Trinajstić information content (AvgIpc) is 2.71. The van der Waals surface area contributed by atoms with Crippen LogP contribution in [0.2, 0.25) is 0 Å². The number of fused-ring (bicyclic) bond motifs is 1. The maximum absolute atomic E-state index is 11.9. The zero-order chi connectivity index (χ0) is 14.2. The Morgan fingerprint density at radius 3 is 2.63 bits per heavy atom. The molecule has 19 heavy (non-hydrogen) atoms. The molecule has 5 N–H and O–H groups in total. The summed E-state index contributed by atoms with van der Waals surface area (Å²) in [4.78, 5) is 16.6. The normalized spacial score (nSPS) is 10.5. The van der Waals surface area contributed by atoms with Gasteiger partial charge in [0.25, 0.3) is 5.91 Å². The van der Waals surface area contributed by atoms with Gasteiger partial charge in [0.15, 0.2) is 5.96 Å². The van der Waals surface area contributed by atoms with E-state index in [9.17, 15) is 4.79 Å². The molecule has 0 saturated carbocycles. The van der Waals surface area contributed by atoms with Crippen molar-refractivity contribution in [3.05, 3.63) is 29.5 Å². The minimum Gasteiger partial charge on any atom is -0.370 e. The van der Waals surface area contributed by atoms with E-state index in [4.69, 9.17) is 11.1 Å². The van der Waals surface area contributed by atoms with Crippen LogP contribution in [0, 0.1) is 12.3 Å². The van der Waals surface area contributed by atoms with Crippen LogP contribution in [0.15, 0.2) is 18.2 Å². The Balaban J connectivity index is 2.50. The number of H-pyrrole nitrogens is 1. The van der Waals surface area contributed by atoms with Crippen LogP contribution in [0.3, 0.4) is 0 Å². The monoisotopic (exact) mass is 259 g/mol. The standard InChI is InChI=1S/C13H17N5O/c1-7-4-9(16-13(14)15)5-8-6-10(17-11(7)8)12(19)18(2)3/h4-6,17H,1-3H3,(H4,14,15,16). The minimum absolute atomic E-state index is 0.0725. The van der Waals surface area contributed by atoms with E-state index >= 15 is 0 Å². The van der Waals surface area contributed by atoms with Gasteiger partial charge < -0.3 is 20.9 Å². The number of nitrogens with one attached hydrogen (secondary N) is 3. The molecular weight excluding hydrogens is 242 g/mol. The molecule has 2 aromatic rings. The first-order valence-electron chi connectivity index (χ1n) is 5.84. The van der Waals surface area contributed by atoms with Crippen LogP contribution < -0.4 is 11.1 Å². The molecule has 0 aliphatic heterocycles. The lowest BCUT2D eigenvalue weighted by atomic mass is 10.1. The van der Waals surface area contributed by atoms with Gasteiger partial charge >= 0.3 is 0 Å². The molecule has 0 unspecified atom stereocenters. The van der Waals surface area contributed by atoms with Crippen molar-refractivity contribution in [2.45, 2.75) is 6.92 Å². The molecule has 0 fully saturated rings. The summed E-state index contributed by atoms with van der Waals surface area (Å²) in [7, 11) is 3.42. The van der Waals surface area contributed by atoms with Crippen molar-refractivity contribution in [1.29, 1.82) is 5.41 Å². The summed E-state index contributed by atoms with van der Waals surface area (Å²) >= 11 is 0. The fraction of sp³-hybridized carbons (Fsp3) is 0.231. The first-order chi connectivity index (χ1) is 8.88. The predicted molar refractivity (Wildman–Crippen MR) is 76.6 cm³/mol. The van der Waals surface area contributed by atoms with E-state index in [0.717, 1.165) is 22.2 Å². The Morgan fingerprint density at radius 1 is 1.37 bits per heavy atom. The van der Waals surface area contributed by atoms with Gasteiger partial charge in [-0.1, -0.05) is 0 Å². The molecule has 1 aromatic carbocycles. The van der Waals surface area contributed by atoms with Crippen molar-refractivity contribution in [2.24, 2.45) is 5.73 Å². The van der Waals surface area contributed by atoms with Gasteiger partial charge in [0.05, 0.1) is 0 Å². The second kappa shape index (κ2) is 4.64. The fourth-order valence-electron chi connectivity index (χ4n) is 2.01. The molecule has 1 heterocycles. The highest BCUT2D eigenvalue weighted by Crippen LogP contribution is 2.24. The summed E-state index contributed by atoms with van der Waals surface area (Å²) in [5.74, 6) is -0.185. The van der Waals surface area contributed by atoms with E-state index in [1.807, 2.05) is 19.1 Å². The molecule has 2 rings (SSSR count). The Labute approximate surface area is 111 Å². The third-order valence-corrected chi connectivity index (χ3v) is 2.84. The van der Waals surface area contributed by atoms with Gasteiger partial charge in [-0.3, -0.25) is 10.2 Å². The number of anilines is 1. The van der Waals surface area contributed by atoms with Gasteiger partial charge in [0.1, 0.15) is 5.69 Å². The van der Waals surface area contributed by atoms with Gasteiger partial charge in [-0.25, -0.2) is 0 Å². The molecule has 1 aromatic heterocycles. The first-order valence-corrected chi connectivity index (χ1v) is 5.84. The van der Waals surface area contributed by atoms with Gasteiger partial charge in [0, 0.05) is 30.7 Å². The summed E-state index contributed by atoms with van der Waals surface area (Å²) in [6.07, 6.45) is 0. The highest BCUT2D eigenvalue weighted by molar-refractivity contribution is 6.00. The first kappa shape index (κ1) is 12.9. The summed E-state index contributed by atoms with van der Waals surface area (Å²) in [5.41, 5.74) is 8.50. The predicted octanol–water partition coefficient (Wildman–Crippen LogP) is 1.48. The quantitative estimate of drug-likeness (QED) is 0.485. The Bertz CT molecular complexity index is 656. The van der Waals surface area contributed by atoms with Crippen molar-refractivity contribution in [3.63, 3.8) is 0 Å². The summed E-state index contributed by atoms with van der Waals surface area (Å²) in [6.45, 7) is 1.94. The zero-order valence-corrected chi connectivity index (χ0v) is 11.2. The number of nitrogens with zero attached hydrogens (tertiary/aromatic N) is 1. The molecule has 6 nitrogen and oxygen atoms in total. The van der Waals surface area contributed by atoms with Crippen LogP contribution >= 0.6 is 0 Å². The van der Waals surface area contributed by atoms with Crippen LogP contribution in [0.1, 0.15) is 16.1 Å². The van der Waals surface area contributed by atoms with E-state index in [1.54, 1.807) is 20.2 Å². The summed E-state index contributed by atoms with van der Waals surface area (Å²) < 4.78 is 0. The summed E-state index contributed by atoms with van der Waals surface area (Å²) in [5, 5.41) is 10.9. The van der Waals surface area contributed by atoms with Crippen molar-refractivity contribution in [1.82, 2.24) is 9.88 Å². The van der Waals surface area contributed by atoms with Crippen LogP contribution in [0.25, 0.3) is 10.9 Å². The number of benzene rings is 1. The maximum atomic E-state index is 11.9. The van der Waals surface area contributed by atoms with Crippen LogP contribution in [0.4, 0.5) is 5.69 Å². The highest BCUT2D eigenvalue weighted by atomic mass is 16.2. The number of carbonyl (C=O) groups excluding carboxylic acids is 1. The summed E-state index contributed by atoms with van der Waals surface area (Å²) in [6, 6.07) is 5.53. The van der Waals surface area contributed by atoms with Crippen LogP contribution in [-0.2, 0) is 0 Å². The molecule has 0 aliphatic carbocycles. The van der Waals surface area contributed by atoms with Crippen LogP contribution in [-0.4, -0.2) is 35.8 Å². The Hall–Kier alpha value is -2.50. The molecule has 100 valence electrons. The maximum Gasteiger partial charge on any atom is 0.269 e. The van der Waals surface area contributed by atoms with E-state index in [-0.39, 0.29) is 11.9 Å². The highest BCUT2D eigenvalue weighted by Gasteiger charge is 2.13. The molecule has 0 spiro atoms. The number of aromatic amines is 1. The molecule has 0 bridgehead atoms. The SMILES string of the molecule is Cc1cc(NC(=N)N)cc2cc(C(=O)N(C)C)[nH]c12. The lowest BCUT2D eigenvalue weighted by molar-refractivity contribution is 0.0823. The molecule has 0 aliphatic rings. The molecule has 0 radical (unpaired) electrons. The molecule has 6 heteroatoms. The molecule has 0 saturated heterocycles. The van der Waals surface area contributed by atoms with Gasteiger partial charge in [-0.15, -0.1) is 0 Å². The van der Waals surface area contributed by atoms with E-state index < -0.39 is 0 Å². The lowest BCUT2D eigenvalue weighted by Gasteiger charge is -2.07. The van der Waals surface area contributed by atoms with E-state index in [0.29, 0.717) is 5.69 Å². The molecule has 1 amide bonds.